The number of carboxylic acids is 2. The first-order valence-electron chi connectivity index (χ1n) is 25.5. The van der Waals surface area contributed by atoms with Crippen molar-refractivity contribution < 1.29 is 78.4 Å². The van der Waals surface area contributed by atoms with Crippen LogP contribution in [0.3, 0.4) is 0 Å². The van der Waals surface area contributed by atoms with Crippen molar-refractivity contribution in [1.29, 1.82) is 0 Å². The average Bonchev–Trinajstić information content (AvgIpc) is 3.69. The van der Waals surface area contributed by atoms with Crippen LogP contribution in [0, 0.1) is 11.8 Å². The molecule has 0 spiro atoms. The number of hydrogen-bond acceptors (Lipinski definition) is 14. The van der Waals surface area contributed by atoms with E-state index in [-0.39, 0.29) is 129 Å². The van der Waals surface area contributed by atoms with Crippen LogP contribution in [0.4, 0.5) is 0 Å². The van der Waals surface area contributed by atoms with Gasteiger partial charge in [0.05, 0.1) is 48.7 Å². The maximum atomic E-state index is 12.7. The molecule has 82 heavy (non-hydrogen) atoms. The molecule has 0 atom stereocenters. The second kappa shape index (κ2) is 28.2. The van der Waals surface area contributed by atoms with E-state index in [1.165, 1.54) is 74.5 Å². The number of hydrogen-bond donors (Lipinski definition) is 6. The molecule has 6 N–H and O–H groups in total. The van der Waals surface area contributed by atoms with Crippen LogP contribution < -0.4 is 18.9 Å². The zero-order valence-electron chi connectivity index (χ0n) is 44.4. The Balaban J connectivity index is 0.000000236. The highest BCUT2D eigenvalue weighted by atomic mass is 16.5. The number of phenolic OH excluding ortho intramolecular Hbond substituents is 4. The van der Waals surface area contributed by atoms with Gasteiger partial charge in [-0.25, -0.2) is 9.59 Å². The van der Waals surface area contributed by atoms with E-state index in [0.717, 1.165) is 0 Å². The predicted octanol–water partition coefficient (Wildman–Crippen LogP) is 11.3. The standard InChI is InChI=1S/2C33H28O8/c2*1-21(33(38)39)16-22(19-40-25-12-14-27(29(34)17-25)31(36)23-8-4-2-5-9-23)20-41-26-13-15-28(30(35)18-26)32(37)24-10-6-3-7-11-24/h2*2-18,22,34-35H,19-20H2,1H3,(H,38,39). The maximum Gasteiger partial charge on any atom is 0.330 e. The summed E-state index contributed by atoms with van der Waals surface area (Å²) in [5.74, 6) is -4.48. The average molecular weight is 1110 g/mol. The Morgan fingerprint density at radius 3 is 0.732 bits per heavy atom. The molecule has 8 rings (SSSR count). The third-order valence-electron chi connectivity index (χ3n) is 12.5. The minimum atomic E-state index is -1.10. The van der Waals surface area contributed by atoms with Gasteiger partial charge in [-0.15, -0.1) is 0 Å². The summed E-state index contributed by atoms with van der Waals surface area (Å²) in [5, 5.41) is 60.5. The molecular weight excluding hydrogens is 1050 g/mol. The van der Waals surface area contributed by atoms with E-state index in [1.54, 1.807) is 146 Å². The number of ketones is 4. The van der Waals surface area contributed by atoms with Crippen LogP contribution in [0.1, 0.15) is 77.5 Å². The summed E-state index contributed by atoms with van der Waals surface area (Å²) in [6.07, 6.45) is 2.98. The molecule has 0 aliphatic rings. The third kappa shape index (κ3) is 16.2. The molecule has 0 saturated carbocycles. The first-order chi connectivity index (χ1) is 39.4. The first-order valence-corrected chi connectivity index (χ1v) is 25.5. The lowest BCUT2D eigenvalue weighted by Crippen LogP contribution is -2.19. The molecule has 8 aromatic rings. The fourth-order valence-corrected chi connectivity index (χ4v) is 8.10. The Morgan fingerprint density at radius 1 is 0.341 bits per heavy atom. The largest absolute Gasteiger partial charge is 0.507 e. The number of rotatable bonds is 24. The van der Waals surface area contributed by atoms with Crippen LogP contribution in [0.25, 0.3) is 0 Å². The molecule has 0 bridgehead atoms. The van der Waals surface area contributed by atoms with Gasteiger partial charge in [-0.05, 0) is 62.4 Å². The van der Waals surface area contributed by atoms with Crippen LogP contribution in [-0.2, 0) is 9.59 Å². The van der Waals surface area contributed by atoms with Gasteiger partial charge in [0.2, 0.25) is 0 Å². The molecule has 416 valence electrons. The normalized spacial score (nSPS) is 11.2. The van der Waals surface area contributed by atoms with Crippen molar-refractivity contribution in [3.63, 3.8) is 0 Å². The smallest absolute Gasteiger partial charge is 0.330 e. The minimum absolute atomic E-state index is 0.00734. The van der Waals surface area contributed by atoms with Gasteiger partial charge in [-0.1, -0.05) is 133 Å². The Bertz CT molecular complexity index is 3180. The lowest BCUT2D eigenvalue weighted by atomic mass is 10.0. The molecule has 16 nitrogen and oxygen atoms in total. The number of aliphatic carboxylic acids is 2. The summed E-state index contributed by atoms with van der Waals surface area (Å²) in [7, 11) is 0. The van der Waals surface area contributed by atoms with Crippen LogP contribution in [-0.4, -0.2) is 92.1 Å². The second-order valence-electron chi connectivity index (χ2n) is 18.6. The van der Waals surface area contributed by atoms with Crippen molar-refractivity contribution in [2.45, 2.75) is 13.8 Å². The lowest BCUT2D eigenvalue weighted by Gasteiger charge is -2.17. The highest BCUT2D eigenvalue weighted by Gasteiger charge is 2.21. The Kier molecular flexibility index (Phi) is 20.3. The fraction of sp³-hybridized carbons (Fsp3) is 0.121. The van der Waals surface area contributed by atoms with Gasteiger partial charge in [0, 0.05) is 69.5 Å². The number of aromatic hydroxyl groups is 4. The van der Waals surface area contributed by atoms with Gasteiger partial charge in [-0.2, -0.15) is 0 Å². The number of carboxylic acid groups (broad SMARTS) is 2. The van der Waals surface area contributed by atoms with Gasteiger partial charge in [0.1, 0.15) is 46.0 Å². The SMILES string of the molecule is CC(=CC(COc1ccc(C(=O)c2ccccc2)c(O)c1)COc1ccc(C(=O)c2ccccc2)c(O)c1)C(=O)O.CC(=CC(COc1ccc(C(=O)c2ccccc2)c(O)c1)COc1ccc(C(=O)c2ccccc2)c(O)c1)C(=O)O. The van der Waals surface area contributed by atoms with Crippen LogP contribution >= 0.6 is 0 Å². The first kappa shape index (κ1) is 58.9. The van der Waals surface area contributed by atoms with Crippen LogP contribution in [0.5, 0.6) is 46.0 Å². The molecule has 16 heteroatoms. The van der Waals surface area contributed by atoms with Gasteiger partial charge in [-0.3, -0.25) is 19.2 Å². The number of carbonyl (C=O) groups excluding carboxylic acids is 4. The maximum absolute atomic E-state index is 12.7. The molecule has 0 heterocycles. The van der Waals surface area contributed by atoms with E-state index < -0.39 is 23.8 Å². The minimum Gasteiger partial charge on any atom is -0.507 e. The van der Waals surface area contributed by atoms with E-state index in [9.17, 15) is 59.4 Å². The van der Waals surface area contributed by atoms with E-state index in [0.29, 0.717) is 22.3 Å². The van der Waals surface area contributed by atoms with Crippen LogP contribution in [0.2, 0.25) is 0 Å². The quantitative estimate of drug-likeness (QED) is 0.0243. The van der Waals surface area contributed by atoms with Gasteiger partial charge < -0.3 is 49.6 Å². The van der Waals surface area contributed by atoms with Crippen molar-refractivity contribution in [2.24, 2.45) is 11.8 Å². The summed E-state index contributed by atoms with van der Waals surface area (Å²) in [5.41, 5.74) is 2.41. The number of benzene rings is 8. The molecule has 0 fully saturated rings. The predicted molar refractivity (Wildman–Crippen MR) is 304 cm³/mol. The molecular formula is C66H56O16. The molecule has 0 saturated heterocycles. The van der Waals surface area contributed by atoms with E-state index in [2.05, 4.69) is 0 Å². The van der Waals surface area contributed by atoms with Crippen molar-refractivity contribution >= 4 is 35.1 Å². The molecule has 0 unspecified atom stereocenters. The zero-order chi connectivity index (χ0) is 58.7. The summed E-state index contributed by atoms with van der Waals surface area (Å²) in [6, 6.07) is 51.6. The van der Waals surface area contributed by atoms with Gasteiger partial charge in [0.15, 0.2) is 23.1 Å². The summed E-state index contributed by atoms with van der Waals surface area (Å²) < 4.78 is 23.2. The van der Waals surface area contributed by atoms with Crippen molar-refractivity contribution in [3.8, 4) is 46.0 Å². The number of phenols is 4. The van der Waals surface area contributed by atoms with E-state index in [4.69, 9.17) is 18.9 Å². The Labute approximate surface area is 471 Å². The lowest BCUT2D eigenvalue weighted by molar-refractivity contribution is -0.133. The molecule has 0 aliphatic heterocycles. The topological polar surface area (TPSA) is 261 Å². The summed E-state index contributed by atoms with van der Waals surface area (Å²) in [6.45, 7) is 2.86. The van der Waals surface area contributed by atoms with Crippen molar-refractivity contribution in [1.82, 2.24) is 0 Å². The van der Waals surface area contributed by atoms with E-state index in [1.807, 2.05) is 0 Å². The summed E-state index contributed by atoms with van der Waals surface area (Å²) >= 11 is 0. The zero-order valence-corrected chi connectivity index (χ0v) is 44.4. The van der Waals surface area contributed by atoms with E-state index >= 15 is 0 Å². The molecule has 8 aromatic carbocycles. The molecule has 0 aromatic heterocycles. The highest BCUT2D eigenvalue weighted by Crippen LogP contribution is 2.31. The third-order valence-corrected chi connectivity index (χ3v) is 12.5. The Morgan fingerprint density at radius 2 is 0.549 bits per heavy atom. The highest BCUT2D eigenvalue weighted by molar-refractivity contribution is 6.12. The van der Waals surface area contributed by atoms with Gasteiger partial charge >= 0.3 is 11.9 Å². The van der Waals surface area contributed by atoms with Crippen molar-refractivity contribution in [2.75, 3.05) is 26.4 Å². The fourth-order valence-electron chi connectivity index (χ4n) is 8.10. The molecule has 0 radical (unpaired) electrons. The second-order valence-corrected chi connectivity index (χ2v) is 18.6. The number of ether oxygens (including phenoxy) is 4. The van der Waals surface area contributed by atoms with Gasteiger partial charge in [0.25, 0.3) is 0 Å². The number of carbonyl (C=O) groups is 6. The molecule has 0 aliphatic carbocycles. The molecule has 0 amide bonds. The monoisotopic (exact) mass is 1100 g/mol. The Hall–Kier alpha value is -10.7. The van der Waals surface area contributed by atoms with Crippen molar-refractivity contribution in [3.05, 3.63) is 262 Å². The summed E-state index contributed by atoms with van der Waals surface area (Å²) in [4.78, 5) is 73.6. The van der Waals surface area contributed by atoms with Crippen LogP contribution in [0.15, 0.2) is 217 Å².